The van der Waals surface area contributed by atoms with Crippen molar-refractivity contribution in [3.8, 4) is 0 Å². The molecule has 0 N–H and O–H groups in total. The van der Waals surface area contributed by atoms with Crippen molar-refractivity contribution in [1.82, 2.24) is 0 Å². The van der Waals surface area contributed by atoms with Crippen molar-refractivity contribution in [1.29, 1.82) is 0 Å². The van der Waals surface area contributed by atoms with Crippen LogP contribution in [0.1, 0.15) is 6.42 Å². The Balaban J connectivity index is 3.82. The largest absolute Gasteiger partial charge is 0.434 e. The minimum absolute atomic E-state index is 0.586. The van der Waals surface area contributed by atoms with Crippen LogP contribution in [-0.2, 0) is 27.2 Å². The second-order valence-electron chi connectivity index (χ2n) is 8.23. The van der Waals surface area contributed by atoms with Crippen molar-refractivity contribution in [3.63, 3.8) is 0 Å². The SMILES string of the molecule is C=C[Si](C)(O[Si](C)(C)C)O[Si](C)(C)CCCOCCOCCOCCOC. The predicted molar refractivity (Wildman–Crippen MR) is 119 cm³/mol. The van der Waals surface area contributed by atoms with E-state index in [4.69, 9.17) is 27.2 Å². The van der Waals surface area contributed by atoms with Crippen LogP contribution in [0.2, 0.25) is 45.3 Å². The van der Waals surface area contributed by atoms with E-state index in [0.29, 0.717) is 39.6 Å². The van der Waals surface area contributed by atoms with Gasteiger partial charge in [0.05, 0.1) is 39.6 Å². The summed E-state index contributed by atoms with van der Waals surface area (Å²) in [6.07, 6.45) is 0.994. The minimum Gasteiger partial charge on any atom is -0.434 e. The van der Waals surface area contributed by atoms with Gasteiger partial charge in [0.1, 0.15) is 0 Å². The van der Waals surface area contributed by atoms with Crippen LogP contribution in [0, 0.1) is 0 Å². The normalized spacial score (nSPS) is 14.9. The Morgan fingerprint density at radius 3 is 1.63 bits per heavy atom. The highest BCUT2D eigenvalue weighted by molar-refractivity contribution is 6.90. The molecule has 162 valence electrons. The summed E-state index contributed by atoms with van der Waals surface area (Å²) in [5.74, 6) is 0. The van der Waals surface area contributed by atoms with Crippen LogP contribution in [0.5, 0.6) is 0 Å². The highest BCUT2D eigenvalue weighted by atomic mass is 28.5. The number of hydrogen-bond acceptors (Lipinski definition) is 6. The first kappa shape index (κ1) is 27.2. The van der Waals surface area contributed by atoms with Gasteiger partial charge >= 0.3 is 8.56 Å². The highest BCUT2D eigenvalue weighted by Crippen LogP contribution is 2.24. The zero-order valence-corrected chi connectivity index (χ0v) is 21.6. The van der Waals surface area contributed by atoms with Crippen molar-refractivity contribution in [2.45, 2.75) is 51.7 Å². The zero-order chi connectivity index (χ0) is 20.8. The van der Waals surface area contributed by atoms with Gasteiger partial charge < -0.3 is 27.2 Å². The van der Waals surface area contributed by atoms with E-state index < -0.39 is 25.2 Å². The second kappa shape index (κ2) is 14.2. The van der Waals surface area contributed by atoms with E-state index in [1.165, 1.54) is 0 Å². The second-order valence-corrected chi connectivity index (χ2v) is 20.5. The Hall–Kier alpha value is 0.151. The van der Waals surface area contributed by atoms with Gasteiger partial charge in [0.25, 0.3) is 0 Å². The Morgan fingerprint density at radius 2 is 1.19 bits per heavy atom. The summed E-state index contributed by atoms with van der Waals surface area (Å²) in [5.41, 5.74) is 1.92. The number of ether oxygens (including phenoxy) is 4. The Labute approximate surface area is 170 Å². The van der Waals surface area contributed by atoms with Crippen molar-refractivity contribution >= 4 is 25.2 Å². The van der Waals surface area contributed by atoms with Gasteiger partial charge in [0.2, 0.25) is 0 Å². The van der Waals surface area contributed by atoms with Crippen LogP contribution in [0.3, 0.4) is 0 Å². The number of rotatable bonds is 18. The lowest BCUT2D eigenvalue weighted by atomic mass is 10.5. The molecule has 27 heavy (non-hydrogen) atoms. The van der Waals surface area contributed by atoms with E-state index in [9.17, 15) is 0 Å². The minimum atomic E-state index is -2.29. The van der Waals surface area contributed by atoms with Gasteiger partial charge in [-0.25, -0.2) is 0 Å². The van der Waals surface area contributed by atoms with E-state index in [2.05, 4.69) is 45.9 Å². The average Bonchev–Trinajstić information content (AvgIpc) is 2.53. The molecule has 0 heterocycles. The fraction of sp³-hybridized carbons (Fsp3) is 0.889. The molecule has 0 saturated carbocycles. The summed E-state index contributed by atoms with van der Waals surface area (Å²) in [6, 6.07) is 1.05. The van der Waals surface area contributed by atoms with E-state index >= 15 is 0 Å². The third kappa shape index (κ3) is 16.8. The molecule has 0 aliphatic heterocycles. The molecule has 0 saturated heterocycles. The van der Waals surface area contributed by atoms with Crippen molar-refractivity contribution in [2.75, 3.05) is 53.4 Å². The van der Waals surface area contributed by atoms with E-state index in [-0.39, 0.29) is 0 Å². The lowest BCUT2D eigenvalue weighted by molar-refractivity contribution is 0.00371. The first-order valence-electron chi connectivity index (χ1n) is 9.80. The third-order valence-corrected chi connectivity index (χ3v) is 13.8. The molecule has 0 amide bonds. The molecule has 0 spiro atoms. The summed E-state index contributed by atoms with van der Waals surface area (Å²) in [7, 11) is -4.09. The van der Waals surface area contributed by atoms with Crippen LogP contribution in [0.25, 0.3) is 0 Å². The number of hydrogen-bond donors (Lipinski definition) is 0. The topological polar surface area (TPSA) is 55.4 Å². The Kier molecular flexibility index (Phi) is 14.3. The first-order chi connectivity index (χ1) is 12.5. The maximum Gasteiger partial charge on any atom is 0.340 e. The van der Waals surface area contributed by atoms with Crippen LogP contribution in [-0.4, -0.2) is 78.6 Å². The van der Waals surface area contributed by atoms with Gasteiger partial charge in [-0.15, -0.1) is 6.58 Å². The molecule has 0 aromatic rings. The molecule has 0 aromatic heterocycles. The Morgan fingerprint density at radius 1 is 0.704 bits per heavy atom. The molecule has 0 bridgehead atoms. The van der Waals surface area contributed by atoms with Crippen LogP contribution < -0.4 is 0 Å². The molecule has 0 rings (SSSR count). The van der Waals surface area contributed by atoms with Gasteiger partial charge in [-0.05, 0) is 51.7 Å². The quantitative estimate of drug-likeness (QED) is 0.239. The van der Waals surface area contributed by atoms with Crippen LogP contribution >= 0.6 is 0 Å². The monoisotopic (exact) mass is 438 g/mol. The van der Waals surface area contributed by atoms with Crippen molar-refractivity contribution < 1.29 is 27.2 Å². The van der Waals surface area contributed by atoms with Gasteiger partial charge in [-0.1, -0.05) is 5.70 Å². The summed E-state index contributed by atoms with van der Waals surface area (Å²) < 4.78 is 34.2. The maximum absolute atomic E-state index is 6.52. The highest BCUT2D eigenvalue weighted by Gasteiger charge is 2.39. The van der Waals surface area contributed by atoms with Crippen LogP contribution in [0.4, 0.5) is 0 Å². The molecule has 0 aromatic carbocycles. The van der Waals surface area contributed by atoms with Gasteiger partial charge in [0, 0.05) is 13.7 Å². The summed E-state index contributed by atoms with van der Waals surface area (Å²) in [4.78, 5) is 0. The zero-order valence-electron chi connectivity index (χ0n) is 18.6. The summed E-state index contributed by atoms with van der Waals surface area (Å²) in [6.45, 7) is 21.5. The molecule has 1 unspecified atom stereocenters. The fourth-order valence-corrected chi connectivity index (χ4v) is 14.5. The molecule has 9 heteroatoms. The van der Waals surface area contributed by atoms with Crippen molar-refractivity contribution in [2.24, 2.45) is 0 Å². The van der Waals surface area contributed by atoms with Crippen molar-refractivity contribution in [3.05, 3.63) is 12.3 Å². The first-order valence-corrected chi connectivity index (χ1v) is 18.7. The van der Waals surface area contributed by atoms with E-state index in [1.54, 1.807) is 7.11 Å². The smallest absolute Gasteiger partial charge is 0.340 e. The lowest BCUT2D eigenvalue weighted by Crippen LogP contribution is -2.52. The van der Waals surface area contributed by atoms with E-state index in [0.717, 1.165) is 19.1 Å². The maximum atomic E-state index is 6.52. The van der Waals surface area contributed by atoms with Gasteiger partial charge in [-0.3, -0.25) is 0 Å². The molecule has 1 atom stereocenters. The van der Waals surface area contributed by atoms with Crippen LogP contribution in [0.15, 0.2) is 12.3 Å². The molecule has 6 nitrogen and oxygen atoms in total. The molecule has 0 aliphatic rings. The Bertz CT molecular complexity index is 390. The molecule has 0 aliphatic carbocycles. The molecule has 0 fully saturated rings. The van der Waals surface area contributed by atoms with Gasteiger partial charge in [-0.2, -0.15) is 0 Å². The lowest BCUT2D eigenvalue weighted by Gasteiger charge is -2.37. The number of methoxy groups -OCH3 is 1. The van der Waals surface area contributed by atoms with E-state index in [1.807, 2.05) is 5.70 Å². The molecular weight excluding hydrogens is 396 g/mol. The average molecular weight is 439 g/mol. The predicted octanol–water partition coefficient (Wildman–Crippen LogP) is 3.94. The summed E-state index contributed by atoms with van der Waals surface area (Å²) >= 11 is 0. The fourth-order valence-electron chi connectivity index (χ4n) is 2.60. The third-order valence-electron chi connectivity index (χ3n) is 3.60. The molecular formula is C18H42O6Si3. The summed E-state index contributed by atoms with van der Waals surface area (Å²) in [5, 5.41) is 0. The van der Waals surface area contributed by atoms with Gasteiger partial charge in [0.15, 0.2) is 16.6 Å². The standard InChI is InChI=1S/C18H42O6Si3/c1-9-27(8,23-25(3,4)5)24-26(6,7)18-10-11-20-14-15-22-17-16-21-13-12-19-2/h9H,1,10-18H2,2-8H3. The molecule has 0 radical (unpaired) electrons.